The summed E-state index contributed by atoms with van der Waals surface area (Å²) in [5.41, 5.74) is 0. The van der Waals surface area contributed by atoms with E-state index in [9.17, 15) is 22.4 Å². The van der Waals surface area contributed by atoms with Crippen molar-refractivity contribution in [3.63, 3.8) is 0 Å². The summed E-state index contributed by atoms with van der Waals surface area (Å²) in [4.78, 5) is 12.2. The molecule has 0 unspecified atom stereocenters. The molecule has 0 N–H and O–H groups in total. The van der Waals surface area contributed by atoms with E-state index in [0.717, 1.165) is 31.4 Å². The quantitative estimate of drug-likeness (QED) is 0.283. The van der Waals surface area contributed by atoms with Gasteiger partial charge in [0.1, 0.15) is 17.6 Å². The Morgan fingerprint density at radius 1 is 1.15 bits per heavy atom. The number of esters is 1. The molecule has 0 atom stereocenters. The molecule has 0 bridgehead atoms. The zero-order valence-electron chi connectivity index (χ0n) is 14.5. The number of carbonyl (C=O) groups excluding carboxylic acids is 1. The Hall–Kier alpha value is -2.56. The Morgan fingerprint density at radius 2 is 1.74 bits per heavy atom. The molecular formula is C19H19F4NO3. The second-order valence-electron chi connectivity index (χ2n) is 6.40. The molecule has 0 amide bonds. The van der Waals surface area contributed by atoms with Crippen molar-refractivity contribution >= 4 is 5.97 Å². The summed E-state index contributed by atoms with van der Waals surface area (Å²) in [6.45, 7) is 0. The fourth-order valence-corrected chi connectivity index (χ4v) is 3.09. The summed E-state index contributed by atoms with van der Waals surface area (Å²) in [6.07, 6.45) is 0.648. The van der Waals surface area contributed by atoms with E-state index < -0.39 is 18.2 Å². The van der Waals surface area contributed by atoms with Gasteiger partial charge in [-0.2, -0.15) is 9.65 Å². The van der Waals surface area contributed by atoms with E-state index in [1.165, 1.54) is 24.3 Å². The highest BCUT2D eigenvalue weighted by molar-refractivity contribution is 5.75. The molecule has 4 nitrogen and oxygen atoms in total. The largest absolute Gasteiger partial charge is 0.573 e. The molecule has 1 aliphatic rings. The van der Waals surface area contributed by atoms with Crippen molar-refractivity contribution in [2.75, 3.05) is 0 Å². The third kappa shape index (κ3) is 7.29. The minimum atomic E-state index is -4.77. The third-order valence-electron chi connectivity index (χ3n) is 4.46. The maximum absolute atomic E-state index is 12.7. The summed E-state index contributed by atoms with van der Waals surface area (Å²) in [5.74, 6) is -1.31. The topological polar surface area (TPSA) is 59.3 Å². The van der Waals surface area contributed by atoms with Crippen LogP contribution < -0.4 is 9.47 Å². The molecule has 27 heavy (non-hydrogen) atoms. The van der Waals surface area contributed by atoms with Crippen LogP contribution >= 0.6 is 0 Å². The van der Waals surface area contributed by atoms with Gasteiger partial charge in [-0.15, -0.1) is 13.2 Å². The second kappa shape index (κ2) is 9.40. The number of rotatable bonds is 6. The van der Waals surface area contributed by atoms with E-state index in [-0.39, 0.29) is 17.4 Å². The minimum Gasteiger partial charge on any atom is -0.426 e. The lowest BCUT2D eigenvalue weighted by molar-refractivity contribution is -0.274. The lowest BCUT2D eigenvalue weighted by atomic mass is 9.80. The molecule has 0 spiro atoms. The van der Waals surface area contributed by atoms with Crippen LogP contribution in [0.1, 0.15) is 38.5 Å². The lowest BCUT2D eigenvalue weighted by Crippen LogP contribution is -2.25. The molecule has 0 aliphatic heterocycles. The molecule has 0 heterocycles. The maximum atomic E-state index is 12.7. The molecule has 2 rings (SSSR count). The number of benzene rings is 1. The molecule has 1 aliphatic carbocycles. The normalized spacial score (nSPS) is 20.6. The third-order valence-corrected chi connectivity index (χ3v) is 4.46. The Kier molecular flexibility index (Phi) is 7.22. The van der Waals surface area contributed by atoms with Gasteiger partial charge in [0, 0.05) is 0 Å². The van der Waals surface area contributed by atoms with Gasteiger partial charge in [-0.25, -0.2) is 0 Å². The van der Waals surface area contributed by atoms with E-state index in [2.05, 4.69) is 4.74 Å². The first-order chi connectivity index (χ1) is 12.8. The van der Waals surface area contributed by atoms with Gasteiger partial charge in [0.15, 0.2) is 5.83 Å². The zero-order chi connectivity index (χ0) is 19.9. The minimum absolute atomic E-state index is 0.161. The number of nitrogens with zero attached hydrogens (tertiary/aromatic N) is 1. The van der Waals surface area contributed by atoms with Gasteiger partial charge >= 0.3 is 12.3 Å². The van der Waals surface area contributed by atoms with Crippen LogP contribution in [0.3, 0.4) is 0 Å². The van der Waals surface area contributed by atoms with Crippen molar-refractivity contribution in [3.8, 4) is 17.6 Å². The van der Waals surface area contributed by atoms with Crippen molar-refractivity contribution in [2.45, 2.75) is 44.9 Å². The van der Waals surface area contributed by atoms with Gasteiger partial charge in [-0.1, -0.05) is 0 Å². The molecular weight excluding hydrogens is 366 g/mol. The first-order valence-electron chi connectivity index (χ1n) is 8.60. The lowest BCUT2D eigenvalue weighted by Gasteiger charge is -2.26. The van der Waals surface area contributed by atoms with E-state index in [1.807, 2.05) is 0 Å². The molecule has 1 aromatic rings. The van der Waals surface area contributed by atoms with Crippen LogP contribution in [0, 0.1) is 23.2 Å². The number of allylic oxidation sites excluding steroid dienone is 2. The van der Waals surface area contributed by atoms with Crippen LogP contribution in [0.5, 0.6) is 11.5 Å². The van der Waals surface area contributed by atoms with Crippen molar-refractivity contribution in [1.82, 2.24) is 0 Å². The Morgan fingerprint density at radius 3 is 2.30 bits per heavy atom. The van der Waals surface area contributed by atoms with Crippen LogP contribution in [-0.4, -0.2) is 12.3 Å². The fraction of sp³-hybridized carbons (Fsp3) is 0.474. The molecule has 1 fully saturated rings. The van der Waals surface area contributed by atoms with Crippen molar-refractivity contribution in [1.29, 1.82) is 5.26 Å². The van der Waals surface area contributed by atoms with E-state index in [4.69, 9.17) is 10.00 Å². The summed E-state index contributed by atoms with van der Waals surface area (Å²) in [6, 6.07) is 6.10. The number of hydrogen-bond acceptors (Lipinski definition) is 4. The first kappa shape index (κ1) is 20.7. The second-order valence-corrected chi connectivity index (χ2v) is 6.40. The fourth-order valence-electron chi connectivity index (χ4n) is 3.09. The number of hydrogen-bond donors (Lipinski definition) is 0. The molecule has 0 aromatic heterocycles. The monoisotopic (exact) mass is 385 g/mol. The van der Waals surface area contributed by atoms with Gasteiger partial charge in [-0.3, -0.25) is 4.79 Å². The van der Waals surface area contributed by atoms with Crippen molar-refractivity contribution in [3.05, 3.63) is 36.2 Å². The Balaban J connectivity index is 1.77. The van der Waals surface area contributed by atoms with Crippen LogP contribution in [0.4, 0.5) is 17.6 Å². The van der Waals surface area contributed by atoms with Crippen LogP contribution in [0.15, 0.2) is 36.2 Å². The van der Waals surface area contributed by atoms with E-state index in [0.29, 0.717) is 25.2 Å². The Bertz CT molecular complexity index is 699. The van der Waals surface area contributed by atoms with Crippen LogP contribution in [-0.2, 0) is 4.79 Å². The number of alkyl halides is 3. The van der Waals surface area contributed by atoms with Gasteiger partial charge in [-0.05, 0) is 74.8 Å². The number of halogens is 4. The predicted molar refractivity (Wildman–Crippen MR) is 88.2 cm³/mol. The van der Waals surface area contributed by atoms with Crippen LogP contribution in [0.2, 0.25) is 0 Å². The average molecular weight is 385 g/mol. The van der Waals surface area contributed by atoms with Crippen molar-refractivity contribution < 1.29 is 31.8 Å². The average Bonchev–Trinajstić information content (AvgIpc) is 2.62. The van der Waals surface area contributed by atoms with Gasteiger partial charge < -0.3 is 9.47 Å². The summed E-state index contributed by atoms with van der Waals surface area (Å²) >= 11 is 0. The smallest absolute Gasteiger partial charge is 0.426 e. The maximum Gasteiger partial charge on any atom is 0.573 e. The van der Waals surface area contributed by atoms with Crippen LogP contribution in [0.25, 0.3) is 0 Å². The highest BCUT2D eigenvalue weighted by atomic mass is 19.4. The number of carbonyl (C=O) groups is 1. The summed E-state index contributed by atoms with van der Waals surface area (Å²) < 4.78 is 58.1. The van der Waals surface area contributed by atoms with E-state index in [1.54, 1.807) is 0 Å². The molecule has 0 saturated heterocycles. The van der Waals surface area contributed by atoms with Gasteiger partial charge in [0.25, 0.3) is 0 Å². The van der Waals surface area contributed by atoms with Crippen molar-refractivity contribution in [2.24, 2.45) is 11.8 Å². The van der Waals surface area contributed by atoms with Gasteiger partial charge in [0.2, 0.25) is 0 Å². The number of nitriles is 1. The highest BCUT2D eigenvalue weighted by Gasteiger charge is 2.31. The molecule has 8 heteroatoms. The standard InChI is InChI=1S/C19H19F4NO3/c20-15(12-24)3-1-2-13-4-6-14(7-5-13)18(25)26-16-8-10-17(11-9-16)27-19(21,22)23/h3,8-11,13-14H,1-2,4-7H2/b15-3+. The highest BCUT2D eigenvalue weighted by Crippen LogP contribution is 2.33. The number of ether oxygens (including phenoxy) is 2. The first-order valence-corrected chi connectivity index (χ1v) is 8.60. The summed E-state index contributed by atoms with van der Waals surface area (Å²) in [5, 5.41) is 8.35. The molecule has 146 valence electrons. The SMILES string of the molecule is N#C/C(F)=C\CCC1CCC(C(=O)Oc2ccc(OC(F)(F)F)cc2)CC1. The summed E-state index contributed by atoms with van der Waals surface area (Å²) in [7, 11) is 0. The predicted octanol–water partition coefficient (Wildman–Crippen LogP) is 5.45. The zero-order valence-corrected chi connectivity index (χ0v) is 14.5. The molecule has 1 saturated carbocycles. The Labute approximate surface area is 154 Å². The van der Waals surface area contributed by atoms with Gasteiger partial charge in [0.05, 0.1) is 5.92 Å². The molecule has 1 aromatic carbocycles. The van der Waals surface area contributed by atoms with E-state index >= 15 is 0 Å². The molecule has 0 radical (unpaired) electrons.